The number of fused-ring (bicyclic) bond motifs is 1. The van der Waals surface area contributed by atoms with Gasteiger partial charge in [0, 0.05) is 11.6 Å². The lowest BCUT2D eigenvalue weighted by atomic mass is 10.3. The molecular weight excluding hydrogens is 366 g/mol. The molecule has 0 saturated carbocycles. The van der Waals surface area contributed by atoms with Gasteiger partial charge in [-0.15, -0.1) is 0 Å². The predicted octanol–water partition coefficient (Wildman–Crippen LogP) is 2.84. The fourth-order valence-electron chi connectivity index (χ4n) is 0.954. The van der Waals surface area contributed by atoms with E-state index in [1.54, 1.807) is 0 Å². The van der Waals surface area contributed by atoms with Crippen molar-refractivity contribution in [2.75, 3.05) is 0 Å². The minimum atomic E-state index is 1.03. The Morgan fingerprint density at radius 3 is 2.91 bits per heavy atom. The van der Waals surface area contributed by atoms with Gasteiger partial charge in [-0.2, -0.15) is 0 Å². The Balaban J connectivity index is 2.87. The van der Waals surface area contributed by atoms with Crippen LogP contribution in [-0.4, -0.2) is 7.76 Å². The lowest BCUT2D eigenvalue weighted by molar-refractivity contribution is 1.27. The maximum atomic E-state index is 4.38. The molecule has 0 aliphatic heterocycles. The number of pyridine rings is 1. The zero-order valence-electron chi connectivity index (χ0n) is 5.46. The Bertz CT molecular complexity index is 394. The van der Waals surface area contributed by atoms with E-state index in [1.807, 2.05) is 15.0 Å². The highest BCUT2D eigenvalue weighted by atomic mass is 127. The van der Waals surface area contributed by atoms with E-state index in [0.29, 0.717) is 0 Å². The summed E-state index contributed by atoms with van der Waals surface area (Å²) in [6.07, 6.45) is 2.01. The van der Waals surface area contributed by atoms with Crippen molar-refractivity contribution >= 4 is 56.5 Å². The van der Waals surface area contributed by atoms with Crippen LogP contribution in [0.5, 0.6) is 0 Å². The summed E-state index contributed by atoms with van der Waals surface area (Å²) in [5, 5.41) is 1.19. The van der Waals surface area contributed by atoms with Crippen LogP contribution in [-0.2, 0) is 0 Å². The van der Waals surface area contributed by atoms with Crippen LogP contribution in [0.2, 0.25) is 0 Å². The largest absolute Gasteiger partial charge is 0.274 e. The molecule has 2 rings (SSSR count). The van der Waals surface area contributed by atoms with Gasteiger partial charge < -0.3 is 0 Å². The Labute approximate surface area is 91.6 Å². The molecule has 2 aromatic heterocycles. The van der Waals surface area contributed by atoms with Crippen LogP contribution < -0.4 is 0 Å². The van der Waals surface area contributed by atoms with E-state index in [1.165, 1.54) is 5.39 Å². The van der Waals surface area contributed by atoms with Crippen molar-refractivity contribution in [3.63, 3.8) is 0 Å². The Morgan fingerprint density at radius 1 is 1.27 bits per heavy atom. The van der Waals surface area contributed by atoms with Crippen molar-refractivity contribution < 1.29 is 0 Å². The van der Waals surface area contributed by atoms with Gasteiger partial charge in [-0.05, 0) is 40.8 Å². The molecular formula is C7H4I2N2. The van der Waals surface area contributed by atoms with Crippen LogP contribution in [0.3, 0.4) is 0 Å². The maximum Gasteiger partial charge on any atom is 0.149 e. The summed E-state index contributed by atoms with van der Waals surface area (Å²) in [6.45, 7) is 0. The fourth-order valence-corrected chi connectivity index (χ4v) is 1.91. The van der Waals surface area contributed by atoms with Crippen molar-refractivity contribution in [3.05, 3.63) is 28.1 Å². The highest BCUT2D eigenvalue weighted by Gasteiger charge is 1.99. The van der Waals surface area contributed by atoms with Gasteiger partial charge in [0.25, 0.3) is 0 Å². The highest BCUT2D eigenvalue weighted by Crippen LogP contribution is 2.16. The molecule has 0 amide bonds. The smallest absolute Gasteiger partial charge is 0.149 e. The molecule has 0 atom stereocenters. The molecule has 0 spiro atoms. The lowest BCUT2D eigenvalue weighted by Gasteiger charge is -1.92. The van der Waals surface area contributed by atoms with E-state index in [9.17, 15) is 0 Å². The summed E-state index contributed by atoms with van der Waals surface area (Å²) in [6, 6.07) is 6.16. The molecule has 0 N–H and O–H groups in total. The predicted molar refractivity (Wildman–Crippen MR) is 61.9 cm³/mol. The van der Waals surface area contributed by atoms with Crippen molar-refractivity contribution in [3.8, 4) is 0 Å². The van der Waals surface area contributed by atoms with Crippen molar-refractivity contribution in [2.24, 2.45) is 0 Å². The summed E-state index contributed by atoms with van der Waals surface area (Å²) < 4.78 is 3.03. The van der Waals surface area contributed by atoms with Gasteiger partial charge in [0.2, 0.25) is 0 Å². The highest BCUT2D eigenvalue weighted by molar-refractivity contribution is 14.1. The van der Waals surface area contributed by atoms with Gasteiger partial charge in [0.05, 0.1) is 22.9 Å². The zero-order valence-corrected chi connectivity index (χ0v) is 9.77. The summed E-state index contributed by atoms with van der Waals surface area (Å²) >= 11 is 4.44. The molecule has 0 unspecified atom stereocenters. The summed E-state index contributed by atoms with van der Waals surface area (Å²) in [4.78, 5) is 4.38. The van der Waals surface area contributed by atoms with E-state index in [0.717, 1.165) is 9.35 Å². The lowest BCUT2D eigenvalue weighted by Crippen LogP contribution is -1.83. The molecule has 2 nitrogen and oxygen atoms in total. The van der Waals surface area contributed by atoms with Crippen molar-refractivity contribution in [1.29, 1.82) is 0 Å². The Hall–Kier alpha value is 0.150. The molecule has 0 aliphatic carbocycles. The monoisotopic (exact) mass is 370 g/mol. The van der Waals surface area contributed by atoms with E-state index in [4.69, 9.17) is 0 Å². The molecule has 4 heteroatoms. The van der Waals surface area contributed by atoms with Crippen LogP contribution in [0, 0.1) is 3.70 Å². The summed E-state index contributed by atoms with van der Waals surface area (Å²) in [5.41, 5.74) is 1.04. The second-order valence-electron chi connectivity index (χ2n) is 2.17. The van der Waals surface area contributed by atoms with Crippen LogP contribution >= 0.6 is 45.5 Å². The molecule has 11 heavy (non-hydrogen) atoms. The van der Waals surface area contributed by atoms with E-state index < -0.39 is 0 Å². The first-order valence-corrected chi connectivity index (χ1v) is 5.11. The summed E-state index contributed by atoms with van der Waals surface area (Å²) in [7, 11) is 0. The molecule has 0 saturated heterocycles. The number of aromatic nitrogens is 2. The second-order valence-corrected chi connectivity index (χ2v) is 4.32. The first kappa shape index (κ1) is 7.78. The standard InChI is InChI=1S/C7H4I2N2/c8-6-2-1-5-3-4-11(9)7(5)10-6/h1-4H. The molecule has 2 aromatic rings. The zero-order chi connectivity index (χ0) is 7.84. The third-order valence-corrected chi connectivity index (χ3v) is 2.84. The fraction of sp³-hybridized carbons (Fsp3) is 0. The molecule has 2 heterocycles. The Kier molecular flexibility index (Phi) is 2.04. The number of rotatable bonds is 0. The minimum Gasteiger partial charge on any atom is -0.274 e. The van der Waals surface area contributed by atoms with Crippen molar-refractivity contribution in [2.45, 2.75) is 0 Å². The number of halogens is 2. The third kappa shape index (κ3) is 1.37. The van der Waals surface area contributed by atoms with Gasteiger partial charge in [0.1, 0.15) is 9.35 Å². The molecule has 0 aliphatic rings. The average molecular weight is 370 g/mol. The molecule has 0 bridgehead atoms. The van der Waals surface area contributed by atoms with Crippen LogP contribution in [0.15, 0.2) is 24.4 Å². The van der Waals surface area contributed by atoms with Gasteiger partial charge >= 0.3 is 0 Å². The van der Waals surface area contributed by atoms with Gasteiger partial charge in [-0.1, -0.05) is 0 Å². The average Bonchev–Trinajstić information content (AvgIpc) is 2.33. The van der Waals surface area contributed by atoms with Gasteiger partial charge in [0.15, 0.2) is 0 Å². The second kappa shape index (κ2) is 2.89. The van der Waals surface area contributed by atoms with Crippen LogP contribution in [0.25, 0.3) is 11.0 Å². The molecule has 0 fully saturated rings. The van der Waals surface area contributed by atoms with E-state index >= 15 is 0 Å². The first-order chi connectivity index (χ1) is 5.27. The molecule has 56 valence electrons. The quantitative estimate of drug-likeness (QED) is 0.515. The van der Waals surface area contributed by atoms with Crippen molar-refractivity contribution in [1.82, 2.24) is 7.76 Å². The first-order valence-electron chi connectivity index (χ1n) is 3.07. The molecule has 0 aromatic carbocycles. The summed E-state index contributed by atoms with van der Waals surface area (Å²) in [5.74, 6) is 0. The normalized spacial score (nSPS) is 10.7. The van der Waals surface area contributed by atoms with Crippen LogP contribution in [0.4, 0.5) is 0 Å². The maximum absolute atomic E-state index is 4.38. The SMILES string of the molecule is Ic1ccc2ccn(I)c2n1. The third-order valence-electron chi connectivity index (χ3n) is 1.46. The van der Waals surface area contributed by atoms with Gasteiger partial charge in [-0.25, -0.2) is 4.98 Å². The molecule has 0 radical (unpaired) electrons. The topological polar surface area (TPSA) is 17.8 Å². The van der Waals surface area contributed by atoms with E-state index in [2.05, 4.69) is 62.6 Å². The number of hydrogen-bond acceptors (Lipinski definition) is 1. The minimum absolute atomic E-state index is 1.03. The number of hydrogen-bond donors (Lipinski definition) is 0. The van der Waals surface area contributed by atoms with Gasteiger partial charge in [-0.3, -0.25) is 2.78 Å². The van der Waals surface area contributed by atoms with Crippen LogP contribution in [0.1, 0.15) is 0 Å². The Morgan fingerprint density at radius 2 is 2.09 bits per heavy atom. The number of nitrogens with zero attached hydrogens (tertiary/aromatic N) is 2. The van der Waals surface area contributed by atoms with E-state index in [-0.39, 0.29) is 0 Å².